The van der Waals surface area contributed by atoms with E-state index in [2.05, 4.69) is 0 Å². The van der Waals surface area contributed by atoms with Crippen LogP contribution in [-0.2, 0) is 0 Å². The van der Waals surface area contributed by atoms with Crippen LogP contribution in [0.2, 0.25) is 0 Å². The SMILES string of the molecule is COc1ccc(C(C)O)c(OCC2CCCC2)c1. The van der Waals surface area contributed by atoms with Crippen molar-refractivity contribution >= 4 is 0 Å². The lowest BCUT2D eigenvalue weighted by atomic mass is 10.1. The second-order valence-corrected chi connectivity index (χ2v) is 5.04. The predicted molar refractivity (Wildman–Crippen MR) is 71.1 cm³/mol. The molecule has 3 heteroatoms. The fourth-order valence-corrected chi connectivity index (χ4v) is 2.50. The fraction of sp³-hybridized carbons (Fsp3) is 0.600. The topological polar surface area (TPSA) is 38.7 Å². The number of hydrogen-bond donors (Lipinski definition) is 1. The normalized spacial score (nSPS) is 17.7. The van der Waals surface area contributed by atoms with Crippen LogP contribution in [0.25, 0.3) is 0 Å². The minimum Gasteiger partial charge on any atom is -0.497 e. The van der Waals surface area contributed by atoms with Gasteiger partial charge in [0, 0.05) is 11.6 Å². The Morgan fingerprint density at radius 3 is 2.67 bits per heavy atom. The molecular formula is C15H22O3. The Morgan fingerprint density at radius 2 is 2.06 bits per heavy atom. The van der Waals surface area contributed by atoms with Crippen LogP contribution in [0.15, 0.2) is 18.2 Å². The molecule has 1 aromatic carbocycles. The van der Waals surface area contributed by atoms with Crippen LogP contribution in [0.4, 0.5) is 0 Å². The molecule has 1 aliphatic carbocycles. The van der Waals surface area contributed by atoms with Gasteiger partial charge in [0.05, 0.1) is 19.8 Å². The van der Waals surface area contributed by atoms with E-state index >= 15 is 0 Å². The summed E-state index contributed by atoms with van der Waals surface area (Å²) in [6.45, 7) is 2.50. The van der Waals surface area contributed by atoms with Crippen molar-refractivity contribution in [2.75, 3.05) is 13.7 Å². The van der Waals surface area contributed by atoms with Gasteiger partial charge in [-0.3, -0.25) is 0 Å². The van der Waals surface area contributed by atoms with Crippen LogP contribution in [0, 0.1) is 5.92 Å². The molecule has 1 saturated carbocycles. The zero-order chi connectivity index (χ0) is 13.0. The van der Waals surface area contributed by atoms with Gasteiger partial charge in [0.25, 0.3) is 0 Å². The van der Waals surface area contributed by atoms with Crippen molar-refractivity contribution < 1.29 is 14.6 Å². The lowest BCUT2D eigenvalue weighted by Gasteiger charge is -2.17. The van der Waals surface area contributed by atoms with Crippen LogP contribution in [0.1, 0.15) is 44.3 Å². The van der Waals surface area contributed by atoms with E-state index in [1.165, 1.54) is 25.7 Å². The Labute approximate surface area is 109 Å². The van der Waals surface area contributed by atoms with Gasteiger partial charge in [-0.25, -0.2) is 0 Å². The maximum atomic E-state index is 9.74. The molecule has 18 heavy (non-hydrogen) atoms. The van der Waals surface area contributed by atoms with Gasteiger partial charge in [0.1, 0.15) is 11.5 Å². The van der Waals surface area contributed by atoms with E-state index in [-0.39, 0.29) is 0 Å². The van der Waals surface area contributed by atoms with Gasteiger partial charge in [-0.15, -0.1) is 0 Å². The van der Waals surface area contributed by atoms with E-state index in [0.717, 1.165) is 23.7 Å². The molecule has 2 rings (SSSR count). The number of hydrogen-bond acceptors (Lipinski definition) is 3. The third-order valence-electron chi connectivity index (χ3n) is 3.62. The van der Waals surface area contributed by atoms with Crippen LogP contribution < -0.4 is 9.47 Å². The average Bonchev–Trinajstić information content (AvgIpc) is 2.88. The first-order chi connectivity index (χ1) is 8.70. The maximum absolute atomic E-state index is 9.74. The zero-order valence-electron chi connectivity index (χ0n) is 11.2. The highest BCUT2D eigenvalue weighted by atomic mass is 16.5. The van der Waals surface area contributed by atoms with Gasteiger partial charge in [-0.1, -0.05) is 12.8 Å². The predicted octanol–water partition coefficient (Wildman–Crippen LogP) is 3.32. The van der Waals surface area contributed by atoms with Crippen LogP contribution in [0.3, 0.4) is 0 Å². The summed E-state index contributed by atoms with van der Waals surface area (Å²) in [6, 6.07) is 5.58. The van der Waals surface area contributed by atoms with Crippen molar-refractivity contribution in [2.45, 2.75) is 38.7 Å². The van der Waals surface area contributed by atoms with E-state index in [0.29, 0.717) is 5.92 Å². The fourth-order valence-electron chi connectivity index (χ4n) is 2.50. The van der Waals surface area contributed by atoms with E-state index < -0.39 is 6.10 Å². The minimum absolute atomic E-state index is 0.519. The number of methoxy groups -OCH3 is 1. The lowest BCUT2D eigenvalue weighted by molar-refractivity contribution is 0.186. The van der Waals surface area contributed by atoms with Gasteiger partial charge in [0.15, 0.2) is 0 Å². The number of rotatable bonds is 5. The summed E-state index contributed by atoms with van der Waals surface area (Å²) in [5.41, 5.74) is 0.828. The molecule has 0 bridgehead atoms. The summed E-state index contributed by atoms with van der Waals surface area (Å²) in [7, 11) is 1.64. The number of benzene rings is 1. The summed E-state index contributed by atoms with van der Waals surface area (Å²) in [4.78, 5) is 0. The Balaban J connectivity index is 2.07. The van der Waals surface area contributed by atoms with E-state index in [9.17, 15) is 5.11 Å². The highest BCUT2D eigenvalue weighted by Gasteiger charge is 2.17. The van der Waals surface area contributed by atoms with Gasteiger partial charge in [0.2, 0.25) is 0 Å². The monoisotopic (exact) mass is 250 g/mol. The van der Waals surface area contributed by atoms with Crippen molar-refractivity contribution in [2.24, 2.45) is 5.92 Å². The second kappa shape index (κ2) is 6.10. The van der Waals surface area contributed by atoms with E-state index in [1.54, 1.807) is 14.0 Å². The minimum atomic E-state index is -0.519. The smallest absolute Gasteiger partial charge is 0.128 e. The average molecular weight is 250 g/mol. The Bertz CT molecular complexity index is 381. The number of ether oxygens (including phenoxy) is 2. The molecule has 0 radical (unpaired) electrons. The lowest BCUT2D eigenvalue weighted by Crippen LogP contribution is -2.10. The quantitative estimate of drug-likeness (QED) is 0.871. The van der Waals surface area contributed by atoms with Crippen molar-refractivity contribution in [3.8, 4) is 11.5 Å². The molecule has 0 aliphatic heterocycles. The first kappa shape index (κ1) is 13.2. The summed E-state index contributed by atoms with van der Waals surface area (Å²) >= 11 is 0. The van der Waals surface area contributed by atoms with Gasteiger partial charge >= 0.3 is 0 Å². The maximum Gasteiger partial charge on any atom is 0.128 e. The summed E-state index contributed by atoms with van der Waals surface area (Å²) in [6.07, 6.45) is 4.63. The Morgan fingerprint density at radius 1 is 1.33 bits per heavy atom. The van der Waals surface area contributed by atoms with Crippen LogP contribution >= 0.6 is 0 Å². The highest BCUT2D eigenvalue weighted by Crippen LogP contribution is 2.31. The molecule has 1 fully saturated rings. The van der Waals surface area contributed by atoms with Crippen molar-refractivity contribution in [3.63, 3.8) is 0 Å². The summed E-state index contributed by atoms with van der Waals surface area (Å²) < 4.78 is 11.1. The molecule has 1 aliphatic rings. The van der Waals surface area contributed by atoms with Gasteiger partial charge in [-0.2, -0.15) is 0 Å². The standard InChI is InChI=1S/C15H22O3/c1-11(16)14-8-7-13(17-2)9-15(14)18-10-12-5-3-4-6-12/h7-9,11-12,16H,3-6,10H2,1-2H3. The number of aliphatic hydroxyl groups is 1. The van der Waals surface area contributed by atoms with Crippen molar-refractivity contribution in [1.29, 1.82) is 0 Å². The second-order valence-electron chi connectivity index (χ2n) is 5.04. The molecule has 0 spiro atoms. The Kier molecular flexibility index (Phi) is 4.48. The van der Waals surface area contributed by atoms with Gasteiger partial charge < -0.3 is 14.6 Å². The van der Waals surface area contributed by atoms with Gasteiger partial charge in [-0.05, 0) is 37.8 Å². The van der Waals surface area contributed by atoms with Crippen LogP contribution in [-0.4, -0.2) is 18.8 Å². The molecule has 100 valence electrons. The van der Waals surface area contributed by atoms with Crippen LogP contribution in [0.5, 0.6) is 11.5 Å². The van der Waals surface area contributed by atoms with Crippen molar-refractivity contribution in [1.82, 2.24) is 0 Å². The Hall–Kier alpha value is -1.22. The molecule has 1 aromatic rings. The van der Waals surface area contributed by atoms with E-state index in [1.807, 2.05) is 18.2 Å². The molecule has 1 unspecified atom stereocenters. The summed E-state index contributed by atoms with van der Waals surface area (Å²) in [5, 5.41) is 9.74. The third-order valence-corrected chi connectivity index (χ3v) is 3.62. The third kappa shape index (κ3) is 3.16. The molecule has 0 aromatic heterocycles. The first-order valence-electron chi connectivity index (χ1n) is 6.69. The molecule has 0 amide bonds. The summed E-state index contributed by atoms with van der Waals surface area (Å²) in [5.74, 6) is 2.18. The number of aliphatic hydroxyl groups excluding tert-OH is 1. The molecule has 3 nitrogen and oxygen atoms in total. The largest absolute Gasteiger partial charge is 0.497 e. The molecule has 1 atom stereocenters. The molecule has 0 heterocycles. The molecular weight excluding hydrogens is 228 g/mol. The highest BCUT2D eigenvalue weighted by molar-refractivity contribution is 5.41. The first-order valence-corrected chi connectivity index (χ1v) is 6.69. The molecule has 0 saturated heterocycles. The zero-order valence-corrected chi connectivity index (χ0v) is 11.2. The van der Waals surface area contributed by atoms with Crippen molar-refractivity contribution in [3.05, 3.63) is 23.8 Å². The molecule has 1 N–H and O–H groups in total. The van der Waals surface area contributed by atoms with E-state index in [4.69, 9.17) is 9.47 Å².